The molecule has 2 aromatic heterocycles. The summed E-state index contributed by atoms with van der Waals surface area (Å²) < 4.78 is 2.09. The van der Waals surface area contributed by atoms with Gasteiger partial charge in [-0.3, -0.25) is 9.36 Å². The van der Waals surface area contributed by atoms with E-state index in [1.807, 2.05) is 54.8 Å². The lowest BCUT2D eigenvalue weighted by atomic mass is 10.1. The number of aryl methyl sites for hydroxylation is 2. The molecule has 0 aliphatic carbocycles. The fourth-order valence-electron chi connectivity index (χ4n) is 3.40. The van der Waals surface area contributed by atoms with Gasteiger partial charge in [0.2, 0.25) is 5.91 Å². The zero-order chi connectivity index (χ0) is 21.6. The van der Waals surface area contributed by atoms with Gasteiger partial charge in [0.05, 0.1) is 17.2 Å². The van der Waals surface area contributed by atoms with E-state index in [0.717, 1.165) is 39.1 Å². The summed E-state index contributed by atoms with van der Waals surface area (Å²) in [5.74, 6) is 1.06. The third-order valence-electron chi connectivity index (χ3n) is 4.98. The van der Waals surface area contributed by atoms with Crippen LogP contribution in [0.15, 0.2) is 71.2 Å². The van der Waals surface area contributed by atoms with Crippen molar-refractivity contribution in [2.75, 3.05) is 11.1 Å². The predicted octanol–water partition coefficient (Wildman–Crippen LogP) is 5.66. The van der Waals surface area contributed by atoms with Crippen LogP contribution in [0.3, 0.4) is 0 Å². The Bertz CT molecular complexity index is 1150. The number of para-hydroxylation sites is 1. The summed E-state index contributed by atoms with van der Waals surface area (Å²) in [7, 11) is 0. The minimum Gasteiger partial charge on any atom is -0.325 e. The van der Waals surface area contributed by atoms with Crippen molar-refractivity contribution >= 4 is 34.7 Å². The first kappa shape index (κ1) is 21.3. The van der Waals surface area contributed by atoms with E-state index in [1.54, 1.807) is 11.3 Å². The van der Waals surface area contributed by atoms with E-state index in [0.29, 0.717) is 6.54 Å². The van der Waals surface area contributed by atoms with Gasteiger partial charge in [0.1, 0.15) is 0 Å². The SMILES string of the molecule is CCc1cccc(C)c1NC(=O)CSc1nnc(-c2cccs2)n1Cc1ccccc1. The van der Waals surface area contributed by atoms with E-state index >= 15 is 0 Å². The van der Waals surface area contributed by atoms with Gasteiger partial charge in [0.15, 0.2) is 11.0 Å². The Morgan fingerprint density at radius 2 is 1.90 bits per heavy atom. The Kier molecular flexibility index (Phi) is 6.84. The van der Waals surface area contributed by atoms with E-state index in [4.69, 9.17) is 0 Å². The number of nitrogens with one attached hydrogen (secondary N) is 1. The maximum atomic E-state index is 12.7. The molecule has 0 radical (unpaired) electrons. The smallest absolute Gasteiger partial charge is 0.234 e. The minimum atomic E-state index is -0.0408. The Hall–Kier alpha value is -2.90. The van der Waals surface area contributed by atoms with Crippen LogP contribution in [0.25, 0.3) is 10.7 Å². The Morgan fingerprint density at radius 3 is 2.65 bits per heavy atom. The number of anilines is 1. The second-order valence-corrected chi connectivity index (χ2v) is 9.04. The first-order valence-corrected chi connectivity index (χ1v) is 12.0. The molecule has 0 aliphatic rings. The molecule has 158 valence electrons. The zero-order valence-electron chi connectivity index (χ0n) is 17.5. The minimum absolute atomic E-state index is 0.0408. The van der Waals surface area contributed by atoms with Crippen LogP contribution in [-0.4, -0.2) is 26.4 Å². The second kappa shape index (κ2) is 9.94. The maximum Gasteiger partial charge on any atom is 0.234 e. The number of thiophene rings is 1. The van der Waals surface area contributed by atoms with E-state index in [2.05, 4.69) is 45.2 Å². The van der Waals surface area contributed by atoms with Gasteiger partial charge in [0, 0.05) is 5.69 Å². The number of nitrogens with zero attached hydrogens (tertiary/aromatic N) is 3. The fourth-order valence-corrected chi connectivity index (χ4v) is 4.85. The first-order chi connectivity index (χ1) is 15.2. The Morgan fingerprint density at radius 1 is 1.06 bits per heavy atom. The zero-order valence-corrected chi connectivity index (χ0v) is 19.2. The summed E-state index contributed by atoms with van der Waals surface area (Å²) in [5, 5.41) is 14.7. The number of carbonyl (C=O) groups excluding carboxylic acids is 1. The molecule has 4 rings (SSSR count). The van der Waals surface area contributed by atoms with Crippen molar-refractivity contribution in [3.63, 3.8) is 0 Å². The van der Waals surface area contributed by atoms with Gasteiger partial charge in [-0.25, -0.2) is 0 Å². The number of amides is 1. The fraction of sp³-hybridized carbons (Fsp3) is 0.208. The van der Waals surface area contributed by atoms with Crippen LogP contribution in [0.5, 0.6) is 0 Å². The van der Waals surface area contributed by atoms with Gasteiger partial charge >= 0.3 is 0 Å². The molecule has 1 N–H and O–H groups in total. The summed E-state index contributed by atoms with van der Waals surface area (Å²) in [6.45, 7) is 4.77. The average Bonchev–Trinajstić information content (AvgIpc) is 3.44. The summed E-state index contributed by atoms with van der Waals surface area (Å²) in [6.07, 6.45) is 0.875. The molecule has 0 saturated heterocycles. The van der Waals surface area contributed by atoms with Gasteiger partial charge in [0.25, 0.3) is 0 Å². The van der Waals surface area contributed by atoms with E-state index in [-0.39, 0.29) is 11.7 Å². The molecule has 0 spiro atoms. The van der Waals surface area contributed by atoms with Gasteiger partial charge in [-0.15, -0.1) is 21.5 Å². The molecule has 5 nitrogen and oxygen atoms in total. The molecule has 7 heteroatoms. The van der Waals surface area contributed by atoms with Crippen molar-refractivity contribution in [3.8, 4) is 10.7 Å². The van der Waals surface area contributed by atoms with Gasteiger partial charge in [-0.05, 0) is 41.5 Å². The van der Waals surface area contributed by atoms with Gasteiger partial charge < -0.3 is 5.32 Å². The number of thioether (sulfide) groups is 1. The normalized spacial score (nSPS) is 10.9. The Balaban J connectivity index is 1.53. The third-order valence-corrected chi connectivity index (χ3v) is 6.81. The summed E-state index contributed by atoms with van der Waals surface area (Å²) in [5.41, 5.74) is 4.30. The quantitative estimate of drug-likeness (QED) is 0.354. The standard InChI is InChI=1S/C24H24N4OS2/c1-3-19-12-7-9-17(2)22(19)25-21(29)16-31-24-27-26-23(20-13-8-14-30-20)28(24)15-18-10-5-4-6-11-18/h4-14H,3,15-16H2,1-2H3,(H,25,29). The van der Waals surface area contributed by atoms with Crippen molar-refractivity contribution in [2.24, 2.45) is 0 Å². The molecule has 0 bridgehead atoms. The van der Waals surface area contributed by atoms with Crippen LogP contribution in [0, 0.1) is 6.92 Å². The molecule has 2 heterocycles. The van der Waals surface area contributed by atoms with Crippen molar-refractivity contribution in [2.45, 2.75) is 32.0 Å². The maximum absolute atomic E-state index is 12.7. The number of rotatable bonds is 8. The highest BCUT2D eigenvalue weighted by molar-refractivity contribution is 7.99. The molecule has 0 saturated carbocycles. The van der Waals surface area contributed by atoms with Crippen LogP contribution in [0.4, 0.5) is 5.69 Å². The van der Waals surface area contributed by atoms with Gasteiger partial charge in [-0.2, -0.15) is 0 Å². The monoisotopic (exact) mass is 448 g/mol. The molecule has 4 aromatic rings. The lowest BCUT2D eigenvalue weighted by molar-refractivity contribution is -0.113. The van der Waals surface area contributed by atoms with Crippen molar-refractivity contribution in [1.82, 2.24) is 14.8 Å². The lowest BCUT2D eigenvalue weighted by Gasteiger charge is -2.13. The molecule has 1 amide bonds. The van der Waals surface area contributed by atoms with Crippen LogP contribution in [0.2, 0.25) is 0 Å². The third kappa shape index (κ3) is 5.06. The molecule has 31 heavy (non-hydrogen) atoms. The highest BCUT2D eigenvalue weighted by Gasteiger charge is 2.17. The number of hydrogen-bond acceptors (Lipinski definition) is 5. The van der Waals surface area contributed by atoms with Crippen LogP contribution in [0.1, 0.15) is 23.6 Å². The van der Waals surface area contributed by atoms with Crippen LogP contribution < -0.4 is 5.32 Å². The molecule has 0 fully saturated rings. The topological polar surface area (TPSA) is 59.8 Å². The highest BCUT2D eigenvalue weighted by Crippen LogP contribution is 2.28. The predicted molar refractivity (Wildman–Crippen MR) is 129 cm³/mol. The number of hydrogen-bond donors (Lipinski definition) is 1. The van der Waals surface area contributed by atoms with Crippen molar-refractivity contribution in [1.29, 1.82) is 0 Å². The molecule has 0 atom stereocenters. The summed E-state index contributed by atoms with van der Waals surface area (Å²) in [6, 6.07) is 20.4. The average molecular weight is 449 g/mol. The number of carbonyl (C=O) groups is 1. The largest absolute Gasteiger partial charge is 0.325 e. The molecule has 0 aliphatic heterocycles. The van der Waals surface area contributed by atoms with Crippen LogP contribution in [-0.2, 0) is 17.8 Å². The highest BCUT2D eigenvalue weighted by atomic mass is 32.2. The van der Waals surface area contributed by atoms with Crippen LogP contribution >= 0.6 is 23.1 Å². The first-order valence-electron chi connectivity index (χ1n) is 10.2. The van der Waals surface area contributed by atoms with Crippen molar-refractivity contribution in [3.05, 3.63) is 82.7 Å². The summed E-state index contributed by atoms with van der Waals surface area (Å²) >= 11 is 3.05. The molecule has 2 aromatic carbocycles. The molecular weight excluding hydrogens is 424 g/mol. The molecular formula is C24H24N4OS2. The number of aromatic nitrogens is 3. The Labute approximate surface area is 190 Å². The second-order valence-electron chi connectivity index (χ2n) is 7.15. The number of benzene rings is 2. The lowest BCUT2D eigenvalue weighted by Crippen LogP contribution is -2.17. The summed E-state index contributed by atoms with van der Waals surface area (Å²) in [4.78, 5) is 13.8. The van der Waals surface area contributed by atoms with E-state index in [1.165, 1.54) is 17.3 Å². The molecule has 0 unspecified atom stereocenters. The van der Waals surface area contributed by atoms with E-state index in [9.17, 15) is 4.79 Å². The van der Waals surface area contributed by atoms with Crippen molar-refractivity contribution < 1.29 is 4.79 Å². The van der Waals surface area contributed by atoms with E-state index < -0.39 is 0 Å². The van der Waals surface area contributed by atoms with Gasteiger partial charge in [-0.1, -0.05) is 73.3 Å².